The summed E-state index contributed by atoms with van der Waals surface area (Å²) in [7, 11) is 0. The molecule has 1 aliphatic rings. The third kappa shape index (κ3) is 2.51. The molecule has 0 bridgehead atoms. The van der Waals surface area contributed by atoms with Crippen LogP contribution in [-0.2, 0) is 4.79 Å². The van der Waals surface area contributed by atoms with Crippen LogP contribution in [0, 0.1) is 0 Å². The van der Waals surface area contributed by atoms with E-state index in [9.17, 15) is 9.59 Å². The summed E-state index contributed by atoms with van der Waals surface area (Å²) < 4.78 is 0.916. The van der Waals surface area contributed by atoms with E-state index in [1.54, 1.807) is 6.07 Å². The zero-order valence-corrected chi connectivity index (χ0v) is 12.0. The number of thiazole rings is 1. The number of carbonyl (C=O) groups excluding carboxylic acids is 2. The second-order valence-electron chi connectivity index (χ2n) is 4.88. The van der Waals surface area contributed by atoms with Gasteiger partial charge in [-0.05, 0) is 31.0 Å². The van der Waals surface area contributed by atoms with Gasteiger partial charge in [-0.3, -0.25) is 9.59 Å². The fourth-order valence-corrected chi connectivity index (χ4v) is 3.32. The van der Waals surface area contributed by atoms with Crippen molar-refractivity contribution in [3.8, 4) is 0 Å². The normalized spacial score (nSPS) is 14.8. The third-order valence-corrected chi connectivity index (χ3v) is 4.25. The summed E-state index contributed by atoms with van der Waals surface area (Å²) in [6.45, 7) is 3.14. The number of hydrogen-bond donors (Lipinski definition) is 1. The second kappa shape index (κ2) is 5.20. The summed E-state index contributed by atoms with van der Waals surface area (Å²) in [6, 6.07) is 5.50. The standard InChI is InChI=1S/C14H15N3O2S/c1-9(18)15-14-16-11-5-4-10(8-12(11)20-14)13(19)17-6-2-3-7-17/h4-5,8H,2-3,6-7H2,1H3,(H,15,16,18). The summed E-state index contributed by atoms with van der Waals surface area (Å²) in [5, 5.41) is 3.24. The van der Waals surface area contributed by atoms with Gasteiger partial charge in [0.2, 0.25) is 5.91 Å². The molecule has 0 spiro atoms. The number of rotatable bonds is 2. The molecule has 5 nitrogen and oxygen atoms in total. The average molecular weight is 289 g/mol. The van der Waals surface area contributed by atoms with Gasteiger partial charge in [-0.15, -0.1) is 0 Å². The third-order valence-electron chi connectivity index (χ3n) is 3.31. The lowest BCUT2D eigenvalue weighted by Crippen LogP contribution is -2.27. The van der Waals surface area contributed by atoms with Crippen LogP contribution in [0.15, 0.2) is 18.2 Å². The smallest absolute Gasteiger partial charge is 0.253 e. The number of benzene rings is 1. The number of nitrogens with one attached hydrogen (secondary N) is 1. The van der Waals surface area contributed by atoms with Crippen molar-refractivity contribution in [3.05, 3.63) is 23.8 Å². The lowest BCUT2D eigenvalue weighted by molar-refractivity contribution is -0.114. The predicted octanol–water partition coefficient (Wildman–Crippen LogP) is 2.49. The minimum absolute atomic E-state index is 0.0823. The summed E-state index contributed by atoms with van der Waals surface area (Å²) >= 11 is 1.39. The Bertz CT molecular complexity index is 674. The Morgan fingerprint density at radius 3 is 2.75 bits per heavy atom. The van der Waals surface area contributed by atoms with Crippen molar-refractivity contribution in [2.24, 2.45) is 0 Å². The lowest BCUT2D eigenvalue weighted by atomic mass is 10.2. The number of nitrogens with zero attached hydrogens (tertiary/aromatic N) is 2. The molecule has 0 unspecified atom stereocenters. The molecule has 0 aliphatic carbocycles. The van der Waals surface area contributed by atoms with Crippen LogP contribution in [0.25, 0.3) is 10.2 Å². The van der Waals surface area contributed by atoms with Crippen molar-refractivity contribution in [3.63, 3.8) is 0 Å². The number of carbonyl (C=O) groups is 2. The molecule has 1 aromatic heterocycles. The zero-order valence-electron chi connectivity index (χ0n) is 11.2. The van der Waals surface area contributed by atoms with E-state index >= 15 is 0 Å². The molecule has 1 saturated heterocycles. The molecule has 104 valence electrons. The van der Waals surface area contributed by atoms with Crippen LogP contribution in [0.5, 0.6) is 0 Å². The molecular formula is C14H15N3O2S. The molecule has 0 atom stereocenters. The summed E-state index contributed by atoms with van der Waals surface area (Å²) in [6.07, 6.45) is 2.17. The molecule has 2 amide bonds. The number of hydrogen-bond acceptors (Lipinski definition) is 4. The number of aromatic nitrogens is 1. The summed E-state index contributed by atoms with van der Waals surface area (Å²) in [4.78, 5) is 29.5. The number of amides is 2. The van der Waals surface area contributed by atoms with E-state index in [0.29, 0.717) is 10.7 Å². The Balaban J connectivity index is 1.89. The summed E-state index contributed by atoms with van der Waals surface area (Å²) in [5.41, 5.74) is 1.49. The minimum Gasteiger partial charge on any atom is -0.339 e. The Morgan fingerprint density at radius 2 is 2.05 bits per heavy atom. The van der Waals surface area contributed by atoms with E-state index in [0.717, 1.165) is 36.1 Å². The molecule has 20 heavy (non-hydrogen) atoms. The van der Waals surface area contributed by atoms with E-state index in [1.807, 2.05) is 17.0 Å². The molecule has 1 fully saturated rings. The van der Waals surface area contributed by atoms with E-state index in [-0.39, 0.29) is 11.8 Å². The number of likely N-dealkylation sites (tertiary alicyclic amines) is 1. The van der Waals surface area contributed by atoms with Gasteiger partial charge in [-0.1, -0.05) is 11.3 Å². The molecule has 2 aromatic rings. The highest BCUT2D eigenvalue weighted by Gasteiger charge is 2.20. The highest BCUT2D eigenvalue weighted by Crippen LogP contribution is 2.27. The maximum absolute atomic E-state index is 12.3. The molecule has 0 radical (unpaired) electrons. The van der Waals surface area contributed by atoms with E-state index in [1.165, 1.54) is 18.3 Å². The molecule has 1 N–H and O–H groups in total. The van der Waals surface area contributed by atoms with Crippen molar-refractivity contribution in [1.29, 1.82) is 0 Å². The van der Waals surface area contributed by atoms with Crippen molar-refractivity contribution in [2.45, 2.75) is 19.8 Å². The highest BCUT2D eigenvalue weighted by molar-refractivity contribution is 7.22. The molecule has 1 aromatic carbocycles. The van der Waals surface area contributed by atoms with Gasteiger partial charge in [0.15, 0.2) is 5.13 Å². The van der Waals surface area contributed by atoms with E-state index < -0.39 is 0 Å². The Hall–Kier alpha value is -1.95. The lowest BCUT2D eigenvalue weighted by Gasteiger charge is -2.14. The first-order chi connectivity index (χ1) is 9.63. The van der Waals surface area contributed by atoms with Crippen LogP contribution < -0.4 is 5.32 Å². The van der Waals surface area contributed by atoms with Gasteiger partial charge in [0.1, 0.15) is 0 Å². The monoisotopic (exact) mass is 289 g/mol. The first-order valence-corrected chi connectivity index (χ1v) is 7.42. The van der Waals surface area contributed by atoms with Crippen LogP contribution in [0.4, 0.5) is 5.13 Å². The first-order valence-electron chi connectivity index (χ1n) is 6.61. The van der Waals surface area contributed by atoms with Crippen molar-refractivity contribution in [2.75, 3.05) is 18.4 Å². The number of anilines is 1. The second-order valence-corrected chi connectivity index (χ2v) is 5.91. The Morgan fingerprint density at radius 1 is 1.30 bits per heavy atom. The zero-order chi connectivity index (χ0) is 14.1. The van der Waals surface area contributed by atoms with Crippen LogP contribution in [-0.4, -0.2) is 34.8 Å². The SMILES string of the molecule is CC(=O)Nc1nc2ccc(C(=O)N3CCCC3)cc2s1. The van der Waals surface area contributed by atoms with Gasteiger partial charge in [0.05, 0.1) is 10.2 Å². The van der Waals surface area contributed by atoms with Crippen molar-refractivity contribution < 1.29 is 9.59 Å². The molecule has 3 rings (SSSR count). The molecule has 2 heterocycles. The topological polar surface area (TPSA) is 62.3 Å². The van der Waals surface area contributed by atoms with Gasteiger partial charge in [0, 0.05) is 25.6 Å². The highest BCUT2D eigenvalue weighted by atomic mass is 32.1. The maximum atomic E-state index is 12.3. The molecular weight excluding hydrogens is 274 g/mol. The quantitative estimate of drug-likeness (QED) is 0.924. The van der Waals surface area contributed by atoms with E-state index in [4.69, 9.17) is 0 Å². The van der Waals surface area contributed by atoms with Gasteiger partial charge >= 0.3 is 0 Å². The fraction of sp³-hybridized carbons (Fsp3) is 0.357. The van der Waals surface area contributed by atoms with Gasteiger partial charge in [-0.25, -0.2) is 4.98 Å². The van der Waals surface area contributed by atoms with Crippen LogP contribution in [0.2, 0.25) is 0 Å². The van der Waals surface area contributed by atoms with Crippen LogP contribution in [0.3, 0.4) is 0 Å². The maximum Gasteiger partial charge on any atom is 0.253 e. The Labute approximate surface area is 120 Å². The van der Waals surface area contributed by atoms with Crippen molar-refractivity contribution >= 4 is 38.5 Å². The average Bonchev–Trinajstić information content (AvgIpc) is 3.04. The van der Waals surface area contributed by atoms with Gasteiger partial charge in [0.25, 0.3) is 5.91 Å². The number of fused-ring (bicyclic) bond motifs is 1. The van der Waals surface area contributed by atoms with Crippen LogP contribution in [0.1, 0.15) is 30.1 Å². The minimum atomic E-state index is -0.141. The molecule has 1 aliphatic heterocycles. The van der Waals surface area contributed by atoms with Gasteiger partial charge < -0.3 is 10.2 Å². The Kier molecular flexibility index (Phi) is 3.40. The van der Waals surface area contributed by atoms with Crippen molar-refractivity contribution in [1.82, 2.24) is 9.88 Å². The predicted molar refractivity (Wildman–Crippen MR) is 79.1 cm³/mol. The van der Waals surface area contributed by atoms with Gasteiger partial charge in [-0.2, -0.15) is 0 Å². The molecule has 6 heteroatoms. The fourth-order valence-electron chi connectivity index (χ4n) is 2.36. The summed E-state index contributed by atoms with van der Waals surface area (Å²) in [5.74, 6) is -0.0590. The first kappa shape index (κ1) is 13.1. The van der Waals surface area contributed by atoms with E-state index in [2.05, 4.69) is 10.3 Å². The largest absolute Gasteiger partial charge is 0.339 e. The van der Waals surface area contributed by atoms with Crippen LogP contribution >= 0.6 is 11.3 Å². The molecule has 0 saturated carbocycles.